The van der Waals surface area contributed by atoms with Crippen LogP contribution in [0.1, 0.15) is 26.7 Å². The van der Waals surface area contributed by atoms with Gasteiger partial charge in [-0.15, -0.1) is 0 Å². The van der Waals surface area contributed by atoms with Crippen LogP contribution in [0, 0.1) is 5.92 Å². The summed E-state index contributed by atoms with van der Waals surface area (Å²) in [6.07, 6.45) is 1.13. The Hall–Kier alpha value is -1.71. The van der Waals surface area contributed by atoms with Crippen LogP contribution in [-0.2, 0) is 9.53 Å². The number of nitrogen functional groups attached to an aromatic ring is 1. The van der Waals surface area contributed by atoms with Crippen LogP contribution in [0.25, 0.3) is 0 Å². The van der Waals surface area contributed by atoms with Gasteiger partial charge in [0.25, 0.3) is 0 Å². The third-order valence-corrected chi connectivity index (χ3v) is 2.44. The second-order valence-corrected chi connectivity index (χ2v) is 4.54. The summed E-state index contributed by atoms with van der Waals surface area (Å²) < 4.78 is 10.5. The molecule has 0 amide bonds. The van der Waals surface area contributed by atoms with E-state index in [0.29, 0.717) is 24.0 Å². The van der Waals surface area contributed by atoms with E-state index in [9.17, 15) is 4.79 Å². The lowest BCUT2D eigenvalue weighted by atomic mass is 10.1. The van der Waals surface area contributed by atoms with Crippen LogP contribution >= 0.6 is 0 Å². The largest absolute Gasteiger partial charge is 0.491 e. The van der Waals surface area contributed by atoms with Crippen LogP contribution in [0.2, 0.25) is 0 Å². The number of anilines is 1. The summed E-state index contributed by atoms with van der Waals surface area (Å²) in [5.41, 5.74) is 6.28. The van der Waals surface area contributed by atoms with E-state index in [0.717, 1.165) is 6.42 Å². The Morgan fingerprint density at radius 2 is 2.00 bits per heavy atom. The van der Waals surface area contributed by atoms with E-state index < -0.39 is 0 Å². The van der Waals surface area contributed by atoms with Gasteiger partial charge in [-0.05, 0) is 24.5 Å². The van der Waals surface area contributed by atoms with Crippen molar-refractivity contribution in [3.05, 3.63) is 24.3 Å². The summed E-state index contributed by atoms with van der Waals surface area (Å²) in [7, 11) is 0. The molecule has 0 spiro atoms. The monoisotopic (exact) mass is 251 g/mol. The molecule has 0 aliphatic carbocycles. The zero-order valence-corrected chi connectivity index (χ0v) is 11.0. The van der Waals surface area contributed by atoms with Crippen molar-refractivity contribution in [2.75, 3.05) is 18.9 Å². The fourth-order valence-electron chi connectivity index (χ4n) is 1.34. The quantitative estimate of drug-likeness (QED) is 0.597. The van der Waals surface area contributed by atoms with Crippen molar-refractivity contribution < 1.29 is 14.3 Å². The molecule has 18 heavy (non-hydrogen) atoms. The molecule has 2 N–H and O–H groups in total. The standard InChI is InChI=1S/C14H21NO3/c1-11(2)7-9-18-14(16)8-10-17-13-6-4-3-5-12(13)15/h3-6,11H,7-10,15H2,1-2H3. The van der Waals surface area contributed by atoms with Gasteiger partial charge in [0, 0.05) is 0 Å². The van der Waals surface area contributed by atoms with Gasteiger partial charge in [0.15, 0.2) is 0 Å². The summed E-state index contributed by atoms with van der Waals surface area (Å²) in [5.74, 6) is 0.913. The lowest BCUT2D eigenvalue weighted by Crippen LogP contribution is -2.12. The van der Waals surface area contributed by atoms with Crippen LogP contribution in [0.15, 0.2) is 24.3 Å². The molecule has 0 saturated carbocycles. The first kappa shape index (κ1) is 14.4. The number of hydrogen-bond acceptors (Lipinski definition) is 4. The van der Waals surface area contributed by atoms with E-state index in [1.807, 2.05) is 12.1 Å². The zero-order valence-electron chi connectivity index (χ0n) is 11.0. The fourth-order valence-corrected chi connectivity index (χ4v) is 1.34. The third kappa shape index (κ3) is 5.57. The number of nitrogens with two attached hydrogens (primary N) is 1. The van der Waals surface area contributed by atoms with E-state index >= 15 is 0 Å². The zero-order chi connectivity index (χ0) is 13.4. The molecule has 0 bridgehead atoms. The smallest absolute Gasteiger partial charge is 0.309 e. The van der Waals surface area contributed by atoms with Gasteiger partial charge in [-0.2, -0.15) is 0 Å². The topological polar surface area (TPSA) is 61.5 Å². The second-order valence-electron chi connectivity index (χ2n) is 4.54. The summed E-state index contributed by atoms with van der Waals surface area (Å²) >= 11 is 0. The third-order valence-electron chi connectivity index (χ3n) is 2.44. The van der Waals surface area contributed by atoms with E-state index in [1.54, 1.807) is 12.1 Å². The number of ether oxygens (including phenoxy) is 2. The van der Waals surface area contributed by atoms with Crippen molar-refractivity contribution in [1.29, 1.82) is 0 Å². The minimum Gasteiger partial charge on any atom is -0.491 e. The first-order valence-corrected chi connectivity index (χ1v) is 6.22. The molecule has 0 fully saturated rings. The van der Waals surface area contributed by atoms with Gasteiger partial charge < -0.3 is 15.2 Å². The molecule has 1 aromatic rings. The van der Waals surface area contributed by atoms with E-state index in [4.69, 9.17) is 15.2 Å². The van der Waals surface area contributed by atoms with Crippen LogP contribution in [-0.4, -0.2) is 19.2 Å². The predicted octanol–water partition coefficient (Wildman–Crippen LogP) is 2.63. The lowest BCUT2D eigenvalue weighted by Gasteiger charge is -2.09. The molecule has 0 aliphatic rings. The van der Waals surface area contributed by atoms with Gasteiger partial charge >= 0.3 is 5.97 Å². The molecule has 0 heterocycles. The van der Waals surface area contributed by atoms with Crippen molar-refractivity contribution >= 4 is 11.7 Å². The minimum atomic E-state index is -0.231. The van der Waals surface area contributed by atoms with Gasteiger partial charge in [0.2, 0.25) is 0 Å². The van der Waals surface area contributed by atoms with Crippen molar-refractivity contribution in [1.82, 2.24) is 0 Å². The van der Waals surface area contributed by atoms with Crippen molar-refractivity contribution in [3.8, 4) is 5.75 Å². The molecule has 0 unspecified atom stereocenters. The normalized spacial score (nSPS) is 10.4. The minimum absolute atomic E-state index is 0.231. The van der Waals surface area contributed by atoms with Gasteiger partial charge in [-0.1, -0.05) is 26.0 Å². The predicted molar refractivity (Wildman–Crippen MR) is 71.4 cm³/mol. The maximum absolute atomic E-state index is 11.4. The first-order chi connectivity index (χ1) is 8.59. The Labute approximate surface area is 108 Å². The Balaban J connectivity index is 2.18. The highest BCUT2D eigenvalue weighted by Gasteiger charge is 2.05. The maximum atomic E-state index is 11.4. The highest BCUT2D eigenvalue weighted by atomic mass is 16.5. The molecule has 0 aliphatic heterocycles. The average molecular weight is 251 g/mol. The first-order valence-electron chi connectivity index (χ1n) is 6.22. The molecule has 4 nitrogen and oxygen atoms in total. The van der Waals surface area contributed by atoms with E-state index in [2.05, 4.69) is 13.8 Å². The van der Waals surface area contributed by atoms with Gasteiger partial charge in [0.1, 0.15) is 5.75 Å². The van der Waals surface area contributed by atoms with Crippen LogP contribution in [0.4, 0.5) is 5.69 Å². The number of carbonyl (C=O) groups excluding carboxylic acids is 1. The number of carbonyl (C=O) groups is 1. The highest BCUT2D eigenvalue weighted by molar-refractivity contribution is 5.69. The van der Waals surface area contributed by atoms with E-state index in [-0.39, 0.29) is 19.0 Å². The van der Waals surface area contributed by atoms with E-state index in [1.165, 1.54) is 0 Å². The van der Waals surface area contributed by atoms with Crippen LogP contribution in [0.3, 0.4) is 0 Å². The number of benzene rings is 1. The van der Waals surface area contributed by atoms with Crippen LogP contribution < -0.4 is 10.5 Å². The Kier molecular flexibility index (Phi) is 6.05. The second kappa shape index (κ2) is 7.58. The SMILES string of the molecule is CC(C)CCOC(=O)CCOc1ccccc1N. The van der Waals surface area contributed by atoms with Gasteiger partial charge in [0.05, 0.1) is 25.3 Å². The van der Waals surface area contributed by atoms with Crippen molar-refractivity contribution in [2.45, 2.75) is 26.7 Å². The molecule has 0 aromatic heterocycles. The van der Waals surface area contributed by atoms with Gasteiger partial charge in [-0.25, -0.2) is 0 Å². The molecule has 0 radical (unpaired) electrons. The fraction of sp³-hybridized carbons (Fsp3) is 0.500. The molecular formula is C14H21NO3. The number of para-hydroxylation sites is 2. The summed E-state index contributed by atoms with van der Waals surface area (Å²) in [5, 5.41) is 0. The Morgan fingerprint density at radius 1 is 1.28 bits per heavy atom. The molecule has 100 valence electrons. The average Bonchev–Trinajstić information content (AvgIpc) is 2.31. The van der Waals surface area contributed by atoms with Crippen molar-refractivity contribution in [3.63, 3.8) is 0 Å². The highest BCUT2D eigenvalue weighted by Crippen LogP contribution is 2.19. The molecule has 0 saturated heterocycles. The van der Waals surface area contributed by atoms with Crippen LogP contribution in [0.5, 0.6) is 5.75 Å². The maximum Gasteiger partial charge on any atom is 0.309 e. The Bertz CT molecular complexity index is 377. The molecule has 1 aromatic carbocycles. The lowest BCUT2D eigenvalue weighted by molar-refractivity contribution is -0.144. The molecular weight excluding hydrogens is 230 g/mol. The molecule has 1 rings (SSSR count). The summed E-state index contributed by atoms with van der Waals surface area (Å²) in [6.45, 7) is 4.95. The summed E-state index contributed by atoms with van der Waals surface area (Å²) in [4.78, 5) is 11.4. The molecule has 4 heteroatoms. The Morgan fingerprint density at radius 3 is 2.67 bits per heavy atom. The van der Waals surface area contributed by atoms with Gasteiger partial charge in [-0.3, -0.25) is 4.79 Å². The summed E-state index contributed by atoms with van der Waals surface area (Å²) in [6, 6.07) is 7.21. The van der Waals surface area contributed by atoms with Crippen molar-refractivity contribution in [2.24, 2.45) is 5.92 Å². The number of rotatable bonds is 7. The number of esters is 1. The number of hydrogen-bond donors (Lipinski definition) is 1. The molecule has 0 atom stereocenters.